The molecule has 0 radical (unpaired) electrons. The van der Waals surface area contributed by atoms with E-state index in [1.807, 2.05) is 4.68 Å². The molecule has 104 valence electrons. The maximum Gasteiger partial charge on any atom is 0.0886 e. The average molecular weight is 251 g/mol. The summed E-state index contributed by atoms with van der Waals surface area (Å²) in [6, 6.07) is 0. The first kappa shape index (κ1) is 15.2. The third-order valence-electron chi connectivity index (χ3n) is 5.01. The van der Waals surface area contributed by atoms with Crippen LogP contribution in [0.1, 0.15) is 68.0 Å². The highest BCUT2D eigenvalue weighted by Crippen LogP contribution is 2.37. The molecule has 0 aliphatic heterocycles. The van der Waals surface area contributed by atoms with Crippen molar-refractivity contribution in [2.45, 2.75) is 73.3 Å². The van der Waals surface area contributed by atoms with Crippen molar-refractivity contribution in [2.75, 3.05) is 0 Å². The molecular formula is C15H29N3. The molecule has 0 bridgehead atoms. The summed E-state index contributed by atoms with van der Waals surface area (Å²) >= 11 is 0. The summed E-state index contributed by atoms with van der Waals surface area (Å²) in [7, 11) is 0. The van der Waals surface area contributed by atoms with Gasteiger partial charge in [0.2, 0.25) is 0 Å². The molecule has 1 rings (SSSR count). The zero-order valence-electron chi connectivity index (χ0n) is 13.5. The second-order valence-corrected chi connectivity index (χ2v) is 7.73. The van der Waals surface area contributed by atoms with Gasteiger partial charge in [-0.2, -0.15) is 0 Å². The molecule has 0 amide bonds. The summed E-state index contributed by atoms with van der Waals surface area (Å²) in [5.41, 5.74) is 1.23. The molecule has 0 aliphatic carbocycles. The van der Waals surface area contributed by atoms with Crippen LogP contribution >= 0.6 is 0 Å². The smallest absolute Gasteiger partial charge is 0.0886 e. The van der Waals surface area contributed by atoms with Gasteiger partial charge in [-0.15, -0.1) is 5.10 Å². The first-order chi connectivity index (χ1) is 7.90. The molecule has 3 nitrogen and oxygen atoms in total. The van der Waals surface area contributed by atoms with Crippen LogP contribution in [0.5, 0.6) is 0 Å². The number of nitrogens with zero attached hydrogens (tertiary/aromatic N) is 3. The minimum absolute atomic E-state index is 0.0503. The Bertz CT molecular complexity index is 406. The molecule has 0 N–H and O–H groups in total. The topological polar surface area (TPSA) is 30.7 Å². The van der Waals surface area contributed by atoms with Crippen LogP contribution in [0.2, 0.25) is 0 Å². The van der Waals surface area contributed by atoms with E-state index in [1.165, 1.54) is 0 Å². The lowest BCUT2D eigenvalue weighted by atomic mass is 9.76. The van der Waals surface area contributed by atoms with Gasteiger partial charge in [-0.1, -0.05) is 53.7 Å². The van der Waals surface area contributed by atoms with Gasteiger partial charge >= 0.3 is 0 Å². The lowest BCUT2D eigenvalue weighted by Gasteiger charge is -2.38. The van der Waals surface area contributed by atoms with Crippen LogP contribution in [0.15, 0.2) is 6.20 Å². The van der Waals surface area contributed by atoms with Crippen molar-refractivity contribution in [1.29, 1.82) is 0 Å². The summed E-state index contributed by atoms with van der Waals surface area (Å²) in [6.45, 7) is 20.1. The molecule has 0 unspecified atom stereocenters. The Morgan fingerprint density at radius 1 is 1.00 bits per heavy atom. The second kappa shape index (κ2) is 4.36. The van der Waals surface area contributed by atoms with Gasteiger partial charge in [0.25, 0.3) is 0 Å². The third kappa shape index (κ3) is 2.45. The summed E-state index contributed by atoms with van der Waals surface area (Å²) in [5, 5.41) is 8.77. The molecule has 0 atom stereocenters. The van der Waals surface area contributed by atoms with E-state index in [4.69, 9.17) is 0 Å². The van der Waals surface area contributed by atoms with Crippen LogP contribution in [-0.4, -0.2) is 15.0 Å². The van der Waals surface area contributed by atoms with E-state index in [2.05, 4.69) is 78.8 Å². The van der Waals surface area contributed by atoms with Crippen molar-refractivity contribution in [3.63, 3.8) is 0 Å². The van der Waals surface area contributed by atoms with Crippen molar-refractivity contribution in [1.82, 2.24) is 15.0 Å². The van der Waals surface area contributed by atoms with Crippen molar-refractivity contribution in [3.05, 3.63) is 11.9 Å². The molecule has 1 aromatic rings. The predicted octanol–water partition coefficient (Wildman–Crippen LogP) is 3.99. The van der Waals surface area contributed by atoms with E-state index in [9.17, 15) is 0 Å². The first-order valence-electron chi connectivity index (χ1n) is 6.84. The summed E-state index contributed by atoms with van der Waals surface area (Å²) < 4.78 is 2.02. The van der Waals surface area contributed by atoms with Crippen molar-refractivity contribution in [2.24, 2.45) is 11.3 Å². The molecular weight excluding hydrogens is 222 g/mol. The molecule has 0 spiro atoms. The highest BCUT2D eigenvalue weighted by atomic mass is 15.5. The van der Waals surface area contributed by atoms with Gasteiger partial charge in [-0.3, -0.25) is 0 Å². The predicted molar refractivity (Wildman–Crippen MR) is 76.7 cm³/mol. The lowest BCUT2D eigenvalue weighted by Crippen LogP contribution is -2.40. The maximum absolute atomic E-state index is 4.40. The highest BCUT2D eigenvalue weighted by Gasteiger charge is 2.37. The van der Waals surface area contributed by atoms with Crippen LogP contribution < -0.4 is 0 Å². The third-order valence-corrected chi connectivity index (χ3v) is 5.01. The largest absolute Gasteiger partial charge is 0.246 e. The van der Waals surface area contributed by atoms with Crippen molar-refractivity contribution >= 4 is 0 Å². The molecule has 0 fully saturated rings. The van der Waals surface area contributed by atoms with Gasteiger partial charge in [-0.25, -0.2) is 4.68 Å². The zero-order chi connectivity index (χ0) is 14.4. The number of hydrogen-bond acceptors (Lipinski definition) is 2. The molecule has 3 heteroatoms. The van der Waals surface area contributed by atoms with E-state index in [1.54, 1.807) is 0 Å². The zero-order valence-corrected chi connectivity index (χ0v) is 13.5. The van der Waals surface area contributed by atoms with E-state index in [0.29, 0.717) is 5.92 Å². The molecule has 0 aliphatic rings. The fraction of sp³-hybridized carbons (Fsp3) is 0.867. The van der Waals surface area contributed by atoms with Crippen LogP contribution in [-0.2, 0) is 11.0 Å². The summed E-state index contributed by atoms with van der Waals surface area (Å²) in [6.07, 6.45) is 2.12. The number of hydrogen-bond donors (Lipinski definition) is 0. The van der Waals surface area contributed by atoms with Crippen LogP contribution in [0.3, 0.4) is 0 Å². The summed E-state index contributed by atoms with van der Waals surface area (Å²) in [5.74, 6) is 0.542. The number of rotatable bonds is 3. The van der Waals surface area contributed by atoms with Crippen LogP contribution in [0.4, 0.5) is 0 Å². The average Bonchev–Trinajstić information content (AvgIpc) is 2.64. The maximum atomic E-state index is 4.40. The van der Waals surface area contributed by atoms with Gasteiger partial charge in [0.1, 0.15) is 0 Å². The quantitative estimate of drug-likeness (QED) is 0.813. The van der Waals surface area contributed by atoms with Gasteiger partial charge < -0.3 is 0 Å². The molecule has 0 aromatic carbocycles. The Balaban J connectivity index is 3.16. The fourth-order valence-corrected chi connectivity index (χ4v) is 1.47. The minimum atomic E-state index is -0.0503. The van der Waals surface area contributed by atoms with Gasteiger partial charge in [-0.05, 0) is 25.2 Å². The monoisotopic (exact) mass is 251 g/mol. The fourth-order valence-electron chi connectivity index (χ4n) is 1.47. The van der Waals surface area contributed by atoms with Gasteiger partial charge in [0, 0.05) is 11.6 Å². The first-order valence-corrected chi connectivity index (χ1v) is 6.84. The summed E-state index contributed by atoms with van der Waals surface area (Å²) in [4.78, 5) is 0. The normalized spacial score (nSPS) is 14.3. The second-order valence-electron chi connectivity index (χ2n) is 7.73. The Hall–Kier alpha value is -0.860. The van der Waals surface area contributed by atoms with Crippen molar-refractivity contribution < 1.29 is 0 Å². The van der Waals surface area contributed by atoms with Gasteiger partial charge in [0.05, 0.1) is 11.2 Å². The molecule has 18 heavy (non-hydrogen) atoms. The number of aromatic nitrogens is 3. The van der Waals surface area contributed by atoms with Crippen molar-refractivity contribution in [3.8, 4) is 0 Å². The SMILES string of the molecule is CC(C)C(C)(C)c1cn(C(C)(C)C(C)(C)C)nn1. The van der Waals surface area contributed by atoms with Gasteiger partial charge in [0.15, 0.2) is 0 Å². The van der Waals surface area contributed by atoms with Crippen LogP contribution in [0.25, 0.3) is 0 Å². The molecule has 0 saturated heterocycles. The Morgan fingerprint density at radius 2 is 1.50 bits per heavy atom. The standard InChI is InChI=1S/C15H29N3/c1-11(2)14(6,7)12-10-18(17-16-12)15(8,9)13(3,4)5/h10-11H,1-9H3. The van der Waals surface area contributed by atoms with E-state index >= 15 is 0 Å². The van der Waals surface area contributed by atoms with E-state index < -0.39 is 0 Å². The van der Waals surface area contributed by atoms with E-state index in [0.717, 1.165) is 5.69 Å². The van der Waals surface area contributed by atoms with E-state index in [-0.39, 0.29) is 16.4 Å². The lowest BCUT2D eigenvalue weighted by molar-refractivity contribution is 0.121. The molecule has 0 saturated carbocycles. The molecule has 1 aromatic heterocycles. The minimum Gasteiger partial charge on any atom is -0.246 e. The Morgan fingerprint density at radius 3 is 1.89 bits per heavy atom. The highest BCUT2D eigenvalue weighted by molar-refractivity contribution is 5.11. The van der Waals surface area contributed by atoms with Crippen LogP contribution in [0, 0.1) is 11.3 Å². The Kier molecular flexibility index (Phi) is 3.68. The Labute approximate surface area is 112 Å². The molecule has 1 heterocycles.